The second kappa shape index (κ2) is 12.0. The number of carbonyl (C=O) groups excluding carboxylic acids is 2. The van der Waals surface area contributed by atoms with Gasteiger partial charge in [-0.3, -0.25) is 4.79 Å². The van der Waals surface area contributed by atoms with Crippen LogP contribution in [0.3, 0.4) is 0 Å². The molecule has 0 bridgehead atoms. The molecule has 0 unspecified atom stereocenters. The fourth-order valence-corrected chi connectivity index (χ4v) is 4.86. The lowest BCUT2D eigenvalue weighted by Gasteiger charge is -2.36. The van der Waals surface area contributed by atoms with Crippen molar-refractivity contribution in [3.05, 3.63) is 143 Å². The molecule has 0 aromatic heterocycles. The van der Waals surface area contributed by atoms with Crippen molar-refractivity contribution in [3.63, 3.8) is 0 Å². The fraction of sp³-hybridized carbons (Fsp3) is 0.188. The van der Waals surface area contributed by atoms with E-state index in [0.29, 0.717) is 5.56 Å². The number of rotatable bonds is 9. The summed E-state index contributed by atoms with van der Waals surface area (Å²) in [4.78, 5) is 26.4. The predicted molar refractivity (Wildman–Crippen MR) is 143 cm³/mol. The molecule has 1 amide bonds. The quantitative estimate of drug-likeness (QED) is 0.203. The van der Waals surface area contributed by atoms with Crippen molar-refractivity contribution in [2.24, 2.45) is 0 Å². The van der Waals surface area contributed by atoms with Gasteiger partial charge in [-0.05, 0) is 34.4 Å². The van der Waals surface area contributed by atoms with Crippen LogP contribution < -0.4 is 5.32 Å². The van der Waals surface area contributed by atoms with Crippen LogP contribution in [-0.4, -0.2) is 25.0 Å². The molecule has 1 N–H and O–H groups in total. The first-order valence-electron chi connectivity index (χ1n) is 12.4. The van der Waals surface area contributed by atoms with Crippen molar-refractivity contribution in [3.8, 4) is 0 Å². The average Bonchev–Trinajstić information content (AvgIpc) is 2.96. The Morgan fingerprint density at radius 2 is 1.13 bits per heavy atom. The zero-order chi connectivity index (χ0) is 27.9. The maximum Gasteiger partial charge on any atom is 0.416 e. The topological polar surface area (TPSA) is 55.4 Å². The molecule has 0 heterocycles. The van der Waals surface area contributed by atoms with Crippen LogP contribution in [0.15, 0.2) is 115 Å². The van der Waals surface area contributed by atoms with E-state index in [1.807, 2.05) is 91.0 Å². The van der Waals surface area contributed by atoms with Gasteiger partial charge in [0.25, 0.3) is 0 Å². The molecular formula is C32H28F3NO3. The van der Waals surface area contributed by atoms with Crippen molar-refractivity contribution < 1.29 is 27.5 Å². The zero-order valence-electron chi connectivity index (χ0n) is 21.3. The minimum atomic E-state index is -4.47. The second-order valence-electron chi connectivity index (χ2n) is 9.22. The molecule has 4 nitrogen and oxygen atoms in total. The zero-order valence-corrected chi connectivity index (χ0v) is 21.3. The van der Waals surface area contributed by atoms with E-state index in [1.54, 1.807) is 0 Å². The van der Waals surface area contributed by atoms with Crippen LogP contribution in [0.5, 0.6) is 0 Å². The predicted octanol–water partition coefficient (Wildman–Crippen LogP) is 6.33. The number of benzene rings is 4. The number of carbonyl (C=O) groups is 2. The third-order valence-electron chi connectivity index (χ3n) is 6.77. The highest BCUT2D eigenvalue weighted by Gasteiger charge is 2.39. The van der Waals surface area contributed by atoms with E-state index >= 15 is 0 Å². The highest BCUT2D eigenvalue weighted by molar-refractivity contribution is 5.86. The number of esters is 1. The lowest BCUT2D eigenvalue weighted by atomic mass is 9.67. The number of methoxy groups -OCH3 is 1. The lowest BCUT2D eigenvalue weighted by molar-refractivity contribution is -0.145. The van der Waals surface area contributed by atoms with Crippen molar-refractivity contribution in [2.75, 3.05) is 7.11 Å². The molecule has 0 aliphatic carbocycles. The van der Waals surface area contributed by atoms with Crippen molar-refractivity contribution in [2.45, 2.75) is 30.5 Å². The van der Waals surface area contributed by atoms with Gasteiger partial charge in [0, 0.05) is 12.8 Å². The van der Waals surface area contributed by atoms with Crippen molar-refractivity contribution in [1.82, 2.24) is 5.32 Å². The van der Waals surface area contributed by atoms with Gasteiger partial charge in [0.1, 0.15) is 6.04 Å². The second-order valence-corrected chi connectivity index (χ2v) is 9.22. The number of amides is 1. The first-order valence-corrected chi connectivity index (χ1v) is 12.4. The van der Waals surface area contributed by atoms with Gasteiger partial charge in [-0.2, -0.15) is 13.2 Å². The molecule has 200 valence electrons. The molecule has 0 aliphatic heterocycles. The van der Waals surface area contributed by atoms with E-state index in [4.69, 9.17) is 4.74 Å². The number of ether oxygens (including phenoxy) is 1. The Morgan fingerprint density at radius 3 is 1.51 bits per heavy atom. The van der Waals surface area contributed by atoms with Gasteiger partial charge in [-0.15, -0.1) is 0 Å². The largest absolute Gasteiger partial charge is 0.467 e. The first-order chi connectivity index (χ1) is 18.7. The maximum absolute atomic E-state index is 13.7. The third kappa shape index (κ3) is 6.37. The molecule has 39 heavy (non-hydrogen) atoms. The van der Waals surface area contributed by atoms with E-state index in [1.165, 1.54) is 19.2 Å². The molecule has 0 spiro atoms. The molecule has 1 atom stereocenters. The number of hydrogen-bond acceptors (Lipinski definition) is 3. The summed E-state index contributed by atoms with van der Waals surface area (Å²) in [6.07, 6.45) is -4.51. The van der Waals surface area contributed by atoms with Gasteiger partial charge in [-0.25, -0.2) is 4.79 Å². The lowest BCUT2D eigenvalue weighted by Crippen LogP contribution is -2.46. The van der Waals surface area contributed by atoms with Gasteiger partial charge in [0.05, 0.1) is 18.1 Å². The molecule has 4 rings (SSSR count). The van der Waals surface area contributed by atoms with Crippen LogP contribution in [0.2, 0.25) is 0 Å². The molecule has 0 aliphatic rings. The SMILES string of the molecule is COC(=O)[C@@H](Cc1ccc(C(F)(F)F)cc1)NC(=O)CC(c1ccccc1)(c1ccccc1)c1ccccc1. The van der Waals surface area contributed by atoms with Crippen LogP contribution >= 0.6 is 0 Å². The Kier molecular flexibility index (Phi) is 8.49. The summed E-state index contributed by atoms with van der Waals surface area (Å²) in [5.74, 6) is -1.10. The number of hydrogen-bond donors (Lipinski definition) is 1. The summed E-state index contributed by atoms with van der Waals surface area (Å²) in [6.45, 7) is 0. The number of alkyl halides is 3. The monoisotopic (exact) mass is 531 g/mol. The first kappa shape index (κ1) is 27.6. The molecule has 0 saturated carbocycles. The number of halogens is 3. The minimum Gasteiger partial charge on any atom is -0.467 e. The van der Waals surface area contributed by atoms with Crippen LogP contribution in [0.4, 0.5) is 13.2 Å². The van der Waals surface area contributed by atoms with Gasteiger partial charge in [0.2, 0.25) is 5.91 Å². The summed E-state index contributed by atoms with van der Waals surface area (Å²) in [5.41, 5.74) is 1.49. The molecule has 0 saturated heterocycles. The van der Waals surface area contributed by atoms with E-state index < -0.39 is 35.1 Å². The Labute approximate surface area is 225 Å². The molecule has 0 fully saturated rings. The van der Waals surface area contributed by atoms with Crippen LogP contribution in [0.1, 0.15) is 34.2 Å². The summed E-state index contributed by atoms with van der Waals surface area (Å²) in [5, 5.41) is 2.79. The van der Waals surface area contributed by atoms with Crippen molar-refractivity contribution >= 4 is 11.9 Å². The summed E-state index contributed by atoms with van der Waals surface area (Å²) < 4.78 is 43.9. The van der Waals surface area contributed by atoms with Gasteiger partial charge in [0.15, 0.2) is 0 Å². The fourth-order valence-electron chi connectivity index (χ4n) is 4.86. The Balaban J connectivity index is 1.69. The minimum absolute atomic E-state index is 0.0223. The van der Waals surface area contributed by atoms with Crippen LogP contribution in [0.25, 0.3) is 0 Å². The number of nitrogens with one attached hydrogen (secondary N) is 1. The Morgan fingerprint density at radius 1 is 0.692 bits per heavy atom. The van der Waals surface area contributed by atoms with E-state index in [2.05, 4.69) is 5.32 Å². The maximum atomic E-state index is 13.7. The summed E-state index contributed by atoms with van der Waals surface area (Å²) >= 11 is 0. The van der Waals surface area contributed by atoms with E-state index in [-0.39, 0.29) is 12.8 Å². The molecule has 4 aromatic rings. The highest BCUT2D eigenvalue weighted by Crippen LogP contribution is 2.42. The van der Waals surface area contributed by atoms with E-state index in [0.717, 1.165) is 28.8 Å². The van der Waals surface area contributed by atoms with Crippen molar-refractivity contribution in [1.29, 1.82) is 0 Å². The Bertz CT molecular complexity index is 1280. The molecule has 4 aromatic carbocycles. The Hall–Kier alpha value is -4.39. The summed E-state index contributed by atoms with van der Waals surface area (Å²) in [6, 6.07) is 32.4. The summed E-state index contributed by atoms with van der Waals surface area (Å²) in [7, 11) is 1.20. The molecular weight excluding hydrogens is 503 g/mol. The third-order valence-corrected chi connectivity index (χ3v) is 6.77. The van der Waals surface area contributed by atoms with Crippen LogP contribution in [-0.2, 0) is 32.3 Å². The van der Waals surface area contributed by atoms with Gasteiger partial charge >= 0.3 is 12.1 Å². The molecule has 0 radical (unpaired) electrons. The van der Waals surface area contributed by atoms with Gasteiger partial charge < -0.3 is 10.1 Å². The van der Waals surface area contributed by atoms with Gasteiger partial charge in [-0.1, -0.05) is 103 Å². The average molecular weight is 532 g/mol. The highest BCUT2D eigenvalue weighted by atomic mass is 19.4. The van der Waals surface area contributed by atoms with Crippen LogP contribution in [0, 0.1) is 0 Å². The standard InChI is InChI=1S/C32H28F3NO3/c1-39-30(38)28(21-23-17-19-27(20-18-23)32(33,34)35)36-29(37)22-31(24-11-5-2-6-12-24,25-13-7-3-8-14-25)26-15-9-4-10-16-26/h2-20,28H,21-22H2,1H3,(H,36,37)/t28-/m1/s1. The smallest absolute Gasteiger partial charge is 0.416 e. The molecule has 7 heteroatoms. The normalized spacial score (nSPS) is 12.4. The van der Waals surface area contributed by atoms with E-state index in [9.17, 15) is 22.8 Å².